The number of rotatable bonds is 8. The maximum absolute atomic E-state index is 12.7. The summed E-state index contributed by atoms with van der Waals surface area (Å²) in [4.78, 5) is 50.7. The Hall–Kier alpha value is -3.48. The fourth-order valence-corrected chi connectivity index (χ4v) is 3.36. The van der Waals surface area contributed by atoms with E-state index in [1.807, 2.05) is 13.0 Å². The highest BCUT2D eigenvalue weighted by Gasteiger charge is 2.47. The van der Waals surface area contributed by atoms with Gasteiger partial charge in [-0.15, -0.1) is 0 Å². The molecule has 1 fully saturated rings. The number of carbonyl (C=O) groups is 4. The van der Waals surface area contributed by atoms with Crippen molar-refractivity contribution >= 4 is 29.3 Å². The molecule has 7 heteroatoms. The summed E-state index contributed by atoms with van der Waals surface area (Å²) in [6.45, 7) is 3.39. The molecule has 0 bridgehead atoms. The van der Waals surface area contributed by atoms with Gasteiger partial charge < -0.3 is 10.6 Å². The molecule has 1 aliphatic rings. The number of urea groups is 1. The van der Waals surface area contributed by atoms with E-state index in [0.717, 1.165) is 17.7 Å². The molecule has 0 aliphatic carbocycles. The van der Waals surface area contributed by atoms with Gasteiger partial charge in [0.05, 0.1) is 6.54 Å². The predicted octanol–water partition coefficient (Wildman–Crippen LogP) is 3.62. The fraction of sp³-hybridized carbons (Fsp3) is 0.304. The van der Waals surface area contributed by atoms with Crippen LogP contribution in [0.15, 0.2) is 54.6 Å². The van der Waals surface area contributed by atoms with Gasteiger partial charge in [0.2, 0.25) is 0 Å². The van der Waals surface area contributed by atoms with Crippen LogP contribution >= 0.6 is 0 Å². The standard InChI is InChI=1S/C23H25N3O4/c1-3-4-14-23(2)21(29)26(22(30)25-23)15-19(27)16-10-12-18(13-11-16)24-20(28)17-8-6-5-7-9-17/h5-13H,3-4,14-15H2,1-2H3,(H,24,28)(H,25,30)/t23-/m0/s1. The van der Waals surface area contributed by atoms with Gasteiger partial charge in [-0.05, 0) is 49.7 Å². The summed E-state index contributed by atoms with van der Waals surface area (Å²) in [6.07, 6.45) is 2.25. The van der Waals surface area contributed by atoms with Crippen LogP contribution in [-0.2, 0) is 4.79 Å². The quantitative estimate of drug-likeness (QED) is 0.516. The van der Waals surface area contributed by atoms with Crippen LogP contribution < -0.4 is 10.6 Å². The lowest BCUT2D eigenvalue weighted by Crippen LogP contribution is -2.44. The molecule has 1 aliphatic heterocycles. The Balaban J connectivity index is 1.63. The molecule has 7 nitrogen and oxygen atoms in total. The number of ketones is 1. The SMILES string of the molecule is CCCC[C@]1(C)NC(=O)N(CC(=O)c2ccc(NC(=O)c3ccccc3)cc2)C1=O. The Morgan fingerprint density at radius 3 is 2.30 bits per heavy atom. The number of carbonyl (C=O) groups excluding carboxylic acids is 4. The first-order chi connectivity index (χ1) is 14.3. The van der Waals surface area contributed by atoms with Crippen molar-refractivity contribution in [2.24, 2.45) is 0 Å². The van der Waals surface area contributed by atoms with Crippen LogP contribution in [0.5, 0.6) is 0 Å². The van der Waals surface area contributed by atoms with Gasteiger partial charge in [-0.1, -0.05) is 38.0 Å². The van der Waals surface area contributed by atoms with Crippen molar-refractivity contribution in [2.45, 2.75) is 38.6 Å². The van der Waals surface area contributed by atoms with Gasteiger partial charge in [0.25, 0.3) is 11.8 Å². The number of benzene rings is 2. The second-order valence-corrected chi connectivity index (χ2v) is 7.58. The van der Waals surface area contributed by atoms with Crippen LogP contribution in [0.4, 0.5) is 10.5 Å². The smallest absolute Gasteiger partial charge is 0.323 e. The summed E-state index contributed by atoms with van der Waals surface area (Å²) in [5.74, 6) is -0.972. The lowest BCUT2D eigenvalue weighted by molar-refractivity contribution is -0.130. The van der Waals surface area contributed by atoms with Crippen LogP contribution in [0, 0.1) is 0 Å². The van der Waals surface area contributed by atoms with Gasteiger partial charge in [-0.2, -0.15) is 0 Å². The van der Waals surface area contributed by atoms with Crippen LogP contribution in [0.3, 0.4) is 0 Å². The zero-order valence-corrected chi connectivity index (χ0v) is 17.1. The Labute approximate surface area is 175 Å². The molecular weight excluding hydrogens is 382 g/mol. The van der Waals surface area contributed by atoms with Gasteiger partial charge in [0.1, 0.15) is 5.54 Å². The van der Waals surface area contributed by atoms with Crippen LogP contribution in [-0.4, -0.2) is 40.6 Å². The summed E-state index contributed by atoms with van der Waals surface area (Å²) in [5.41, 5.74) is 0.471. The molecule has 4 amide bonds. The summed E-state index contributed by atoms with van der Waals surface area (Å²) in [7, 11) is 0. The maximum Gasteiger partial charge on any atom is 0.325 e. The van der Waals surface area contributed by atoms with Crippen molar-refractivity contribution < 1.29 is 19.2 Å². The van der Waals surface area contributed by atoms with Crippen LogP contribution in [0.1, 0.15) is 53.8 Å². The highest BCUT2D eigenvalue weighted by molar-refractivity contribution is 6.11. The molecule has 0 aromatic heterocycles. The Morgan fingerprint density at radius 1 is 1.00 bits per heavy atom. The summed E-state index contributed by atoms with van der Waals surface area (Å²) in [5, 5.41) is 5.47. The highest BCUT2D eigenvalue weighted by atomic mass is 16.2. The average molecular weight is 407 g/mol. The Morgan fingerprint density at radius 2 is 1.67 bits per heavy atom. The number of imide groups is 1. The Bertz CT molecular complexity index is 956. The zero-order valence-electron chi connectivity index (χ0n) is 17.1. The topological polar surface area (TPSA) is 95.6 Å². The molecule has 0 saturated carbocycles. The van der Waals surface area contributed by atoms with Crippen molar-refractivity contribution in [1.29, 1.82) is 0 Å². The van der Waals surface area contributed by atoms with Crippen LogP contribution in [0.2, 0.25) is 0 Å². The molecule has 2 aromatic carbocycles. The maximum atomic E-state index is 12.7. The van der Waals surface area contributed by atoms with E-state index >= 15 is 0 Å². The minimum Gasteiger partial charge on any atom is -0.323 e. The van der Waals surface area contributed by atoms with Crippen molar-refractivity contribution in [2.75, 3.05) is 11.9 Å². The molecule has 30 heavy (non-hydrogen) atoms. The molecule has 3 rings (SSSR count). The van der Waals surface area contributed by atoms with E-state index in [9.17, 15) is 19.2 Å². The first-order valence-electron chi connectivity index (χ1n) is 9.98. The number of hydrogen-bond donors (Lipinski definition) is 2. The number of anilines is 1. The number of Topliss-reactive ketones (excluding diaryl/α,β-unsaturated/α-hetero) is 1. The van der Waals surface area contributed by atoms with E-state index in [0.29, 0.717) is 23.2 Å². The third-order valence-electron chi connectivity index (χ3n) is 5.18. The van der Waals surface area contributed by atoms with Crippen molar-refractivity contribution in [3.63, 3.8) is 0 Å². The highest BCUT2D eigenvalue weighted by Crippen LogP contribution is 2.24. The number of nitrogens with one attached hydrogen (secondary N) is 2. The number of hydrogen-bond acceptors (Lipinski definition) is 4. The van der Waals surface area contributed by atoms with Crippen molar-refractivity contribution in [3.05, 3.63) is 65.7 Å². The third-order valence-corrected chi connectivity index (χ3v) is 5.18. The van der Waals surface area contributed by atoms with E-state index < -0.39 is 11.6 Å². The number of amides is 4. The largest absolute Gasteiger partial charge is 0.325 e. The van der Waals surface area contributed by atoms with Crippen molar-refractivity contribution in [1.82, 2.24) is 10.2 Å². The van der Waals surface area contributed by atoms with E-state index in [1.54, 1.807) is 55.5 Å². The van der Waals surface area contributed by atoms with Crippen LogP contribution in [0.25, 0.3) is 0 Å². The van der Waals surface area contributed by atoms with E-state index in [-0.39, 0.29) is 24.1 Å². The molecule has 1 heterocycles. The molecule has 0 radical (unpaired) electrons. The number of nitrogens with zero attached hydrogens (tertiary/aromatic N) is 1. The molecule has 2 aromatic rings. The second-order valence-electron chi connectivity index (χ2n) is 7.58. The Kier molecular flexibility index (Phi) is 6.30. The van der Waals surface area contributed by atoms with E-state index in [1.165, 1.54) is 0 Å². The molecule has 1 atom stereocenters. The molecule has 156 valence electrons. The van der Waals surface area contributed by atoms with Gasteiger partial charge in [-0.25, -0.2) is 4.79 Å². The van der Waals surface area contributed by atoms with Gasteiger partial charge >= 0.3 is 6.03 Å². The van der Waals surface area contributed by atoms with Gasteiger partial charge in [0, 0.05) is 16.8 Å². The zero-order chi connectivity index (χ0) is 21.7. The van der Waals surface area contributed by atoms with Gasteiger partial charge in [-0.3, -0.25) is 19.3 Å². The lowest BCUT2D eigenvalue weighted by atomic mass is 9.95. The minimum atomic E-state index is -0.959. The minimum absolute atomic E-state index is 0.250. The molecule has 2 N–H and O–H groups in total. The first kappa shape index (κ1) is 21.2. The van der Waals surface area contributed by atoms with E-state index in [4.69, 9.17) is 0 Å². The first-order valence-corrected chi connectivity index (χ1v) is 9.98. The lowest BCUT2D eigenvalue weighted by Gasteiger charge is -2.21. The fourth-order valence-electron chi connectivity index (χ4n) is 3.36. The molecular formula is C23H25N3O4. The van der Waals surface area contributed by atoms with Crippen molar-refractivity contribution in [3.8, 4) is 0 Å². The number of unbranched alkanes of at least 4 members (excludes halogenated alkanes) is 1. The summed E-state index contributed by atoms with van der Waals surface area (Å²) < 4.78 is 0. The normalized spacial score (nSPS) is 18.3. The molecule has 1 saturated heterocycles. The molecule has 0 unspecified atom stereocenters. The molecule has 0 spiro atoms. The summed E-state index contributed by atoms with van der Waals surface area (Å²) >= 11 is 0. The summed E-state index contributed by atoms with van der Waals surface area (Å²) in [6, 6.07) is 14.6. The second kappa shape index (κ2) is 8.90. The monoisotopic (exact) mass is 407 g/mol. The van der Waals surface area contributed by atoms with Gasteiger partial charge in [0.15, 0.2) is 5.78 Å². The average Bonchev–Trinajstić information content (AvgIpc) is 2.96. The predicted molar refractivity (Wildman–Crippen MR) is 113 cm³/mol. The van der Waals surface area contributed by atoms with E-state index in [2.05, 4.69) is 10.6 Å². The third kappa shape index (κ3) is 4.56.